The van der Waals surface area contributed by atoms with Gasteiger partial charge in [-0.05, 0) is 15.9 Å². The van der Waals surface area contributed by atoms with Crippen LogP contribution in [0.2, 0.25) is 0 Å². The van der Waals surface area contributed by atoms with E-state index in [-0.39, 0.29) is 0 Å². The van der Waals surface area contributed by atoms with Crippen molar-refractivity contribution in [2.45, 2.75) is 19.9 Å². The predicted molar refractivity (Wildman–Crippen MR) is 70.7 cm³/mol. The van der Waals surface area contributed by atoms with Crippen LogP contribution in [0.1, 0.15) is 18.6 Å². The Balaban J connectivity index is 2.05. The minimum Gasteiger partial charge on any atom is -0.444 e. The van der Waals surface area contributed by atoms with Gasteiger partial charge >= 0.3 is 0 Å². The molecule has 0 atom stereocenters. The van der Waals surface area contributed by atoms with E-state index in [1.807, 2.05) is 6.92 Å². The first kappa shape index (κ1) is 12.8. The lowest BCUT2D eigenvalue weighted by atomic mass is 10.4. The summed E-state index contributed by atoms with van der Waals surface area (Å²) in [6, 6.07) is 0. The molecule has 0 fully saturated rings. The summed E-state index contributed by atoms with van der Waals surface area (Å²) in [7, 11) is 0. The second-order valence-corrected chi connectivity index (χ2v) is 4.32. The van der Waals surface area contributed by atoms with Gasteiger partial charge in [-0.25, -0.2) is 15.8 Å². The minimum atomic E-state index is 0.336. The lowest BCUT2D eigenvalue weighted by Crippen LogP contribution is -2.12. The average molecular weight is 313 g/mol. The fourth-order valence-electron chi connectivity index (χ4n) is 1.31. The molecule has 7 nitrogen and oxygen atoms in total. The Hall–Kier alpha value is -1.67. The monoisotopic (exact) mass is 312 g/mol. The number of nitrogens with one attached hydrogen (secondary N) is 2. The van der Waals surface area contributed by atoms with Crippen molar-refractivity contribution < 1.29 is 4.42 Å². The van der Waals surface area contributed by atoms with Gasteiger partial charge in [0, 0.05) is 12.6 Å². The van der Waals surface area contributed by atoms with Gasteiger partial charge in [-0.1, -0.05) is 6.92 Å². The zero-order valence-electron chi connectivity index (χ0n) is 9.77. The Morgan fingerprint density at radius 1 is 1.39 bits per heavy atom. The molecule has 2 aromatic rings. The summed E-state index contributed by atoms with van der Waals surface area (Å²) in [5.74, 6) is 7.67. The van der Waals surface area contributed by atoms with E-state index in [4.69, 9.17) is 10.3 Å². The molecule has 0 bridgehead atoms. The molecule has 8 heteroatoms. The van der Waals surface area contributed by atoms with Crippen molar-refractivity contribution in [2.24, 2.45) is 5.84 Å². The highest BCUT2D eigenvalue weighted by molar-refractivity contribution is 9.10. The second-order valence-electron chi connectivity index (χ2n) is 3.46. The molecule has 0 aliphatic rings. The summed E-state index contributed by atoms with van der Waals surface area (Å²) in [6.45, 7) is 2.46. The number of nitrogen functional groups attached to an aromatic ring is 1. The van der Waals surface area contributed by atoms with Crippen LogP contribution >= 0.6 is 15.9 Å². The number of aryl methyl sites for hydroxylation is 1. The molecule has 96 valence electrons. The van der Waals surface area contributed by atoms with E-state index >= 15 is 0 Å². The Bertz CT molecular complexity index is 529. The van der Waals surface area contributed by atoms with Gasteiger partial charge in [0.25, 0.3) is 0 Å². The number of anilines is 2. The predicted octanol–water partition coefficient (Wildman–Crippen LogP) is 1.69. The second kappa shape index (κ2) is 5.78. The number of hydrogen-bond donors (Lipinski definition) is 3. The summed E-state index contributed by atoms with van der Waals surface area (Å²) in [6.07, 6.45) is 4.15. The lowest BCUT2D eigenvalue weighted by Gasteiger charge is -2.06. The van der Waals surface area contributed by atoms with Crippen LogP contribution in [0.4, 0.5) is 11.8 Å². The van der Waals surface area contributed by atoms with Gasteiger partial charge in [0.2, 0.25) is 11.8 Å². The Morgan fingerprint density at radius 2 is 2.22 bits per heavy atom. The maximum Gasteiger partial charge on any atom is 0.239 e. The normalized spacial score (nSPS) is 10.4. The number of nitrogens with two attached hydrogens (primary N) is 1. The highest BCUT2D eigenvalue weighted by atomic mass is 79.9. The summed E-state index contributed by atoms with van der Waals surface area (Å²) in [5, 5.41) is 3.09. The first-order chi connectivity index (χ1) is 8.72. The van der Waals surface area contributed by atoms with Crippen molar-refractivity contribution in [3.05, 3.63) is 28.5 Å². The molecule has 0 aliphatic heterocycles. The molecule has 2 rings (SSSR count). The molecule has 0 radical (unpaired) electrons. The third-order valence-electron chi connectivity index (χ3n) is 2.23. The molecular formula is C10H13BrN6O. The van der Waals surface area contributed by atoms with Crippen LogP contribution in [0, 0.1) is 0 Å². The van der Waals surface area contributed by atoms with E-state index in [9.17, 15) is 0 Å². The van der Waals surface area contributed by atoms with E-state index in [0.717, 1.165) is 16.7 Å². The van der Waals surface area contributed by atoms with Crippen LogP contribution in [0.15, 0.2) is 21.3 Å². The average Bonchev–Trinajstić information content (AvgIpc) is 2.86. The van der Waals surface area contributed by atoms with E-state index in [1.165, 1.54) is 0 Å². The van der Waals surface area contributed by atoms with E-state index in [2.05, 4.69) is 41.6 Å². The number of rotatable bonds is 5. The van der Waals surface area contributed by atoms with E-state index < -0.39 is 0 Å². The molecule has 18 heavy (non-hydrogen) atoms. The zero-order valence-corrected chi connectivity index (χ0v) is 11.4. The van der Waals surface area contributed by atoms with E-state index in [0.29, 0.717) is 24.2 Å². The molecule has 0 unspecified atom stereocenters. The fourth-order valence-corrected chi connectivity index (χ4v) is 1.64. The van der Waals surface area contributed by atoms with Gasteiger partial charge in [0.05, 0.1) is 17.2 Å². The maximum atomic E-state index is 5.48. The molecule has 0 aromatic carbocycles. The van der Waals surface area contributed by atoms with Crippen molar-refractivity contribution in [1.29, 1.82) is 0 Å². The van der Waals surface area contributed by atoms with Crippen molar-refractivity contribution in [3.8, 4) is 0 Å². The van der Waals surface area contributed by atoms with Gasteiger partial charge < -0.3 is 9.73 Å². The molecule has 4 N–H and O–H groups in total. The molecule has 0 amide bonds. The molecular weight excluding hydrogens is 300 g/mol. The molecule has 0 aliphatic carbocycles. The summed E-state index contributed by atoms with van der Waals surface area (Å²) >= 11 is 3.34. The smallest absolute Gasteiger partial charge is 0.239 e. The molecule has 0 saturated carbocycles. The maximum absolute atomic E-state index is 5.48. The third-order valence-corrected chi connectivity index (χ3v) is 2.81. The number of nitrogens with zero attached hydrogens (tertiary/aromatic N) is 3. The number of halogens is 1. The quantitative estimate of drug-likeness (QED) is 0.570. The van der Waals surface area contributed by atoms with Crippen LogP contribution in [0.5, 0.6) is 0 Å². The molecule has 2 heterocycles. The summed E-state index contributed by atoms with van der Waals surface area (Å²) in [4.78, 5) is 12.3. The lowest BCUT2D eigenvalue weighted by molar-refractivity contribution is 0.465. The van der Waals surface area contributed by atoms with Crippen LogP contribution in [-0.2, 0) is 13.0 Å². The van der Waals surface area contributed by atoms with Crippen molar-refractivity contribution in [1.82, 2.24) is 15.0 Å². The highest BCUT2D eigenvalue weighted by Crippen LogP contribution is 2.20. The third kappa shape index (κ3) is 2.96. The molecule has 2 aromatic heterocycles. The first-order valence-corrected chi connectivity index (χ1v) is 6.18. The SMILES string of the molecule is CCc1cnc(CNc2nc(NN)ncc2Br)o1. The molecule has 0 saturated heterocycles. The minimum absolute atomic E-state index is 0.336. The topological polar surface area (TPSA) is 102 Å². The van der Waals surface area contributed by atoms with Crippen LogP contribution < -0.4 is 16.6 Å². The van der Waals surface area contributed by atoms with Crippen molar-refractivity contribution in [2.75, 3.05) is 10.7 Å². The van der Waals surface area contributed by atoms with Crippen molar-refractivity contribution >= 4 is 27.7 Å². The number of hydrogen-bond acceptors (Lipinski definition) is 7. The first-order valence-electron chi connectivity index (χ1n) is 5.39. The molecule has 0 spiro atoms. The van der Waals surface area contributed by atoms with Gasteiger partial charge in [-0.2, -0.15) is 4.98 Å². The Morgan fingerprint density at radius 3 is 2.89 bits per heavy atom. The summed E-state index contributed by atoms with van der Waals surface area (Å²) in [5.41, 5.74) is 2.38. The Kier molecular flexibility index (Phi) is 4.11. The largest absolute Gasteiger partial charge is 0.444 e. The van der Waals surface area contributed by atoms with Gasteiger partial charge in [-0.3, -0.25) is 5.43 Å². The zero-order chi connectivity index (χ0) is 13.0. The van der Waals surface area contributed by atoms with Crippen LogP contribution in [-0.4, -0.2) is 15.0 Å². The highest BCUT2D eigenvalue weighted by Gasteiger charge is 2.06. The van der Waals surface area contributed by atoms with Crippen molar-refractivity contribution in [3.63, 3.8) is 0 Å². The van der Waals surface area contributed by atoms with Crippen LogP contribution in [0.3, 0.4) is 0 Å². The number of aromatic nitrogens is 3. The standard InChI is InChI=1S/C10H13BrN6O/c1-2-6-3-13-8(18-6)5-14-9-7(11)4-15-10(16-9)17-12/h3-4H,2,5,12H2,1H3,(H2,14,15,16,17). The number of oxazole rings is 1. The fraction of sp³-hybridized carbons (Fsp3) is 0.300. The summed E-state index contributed by atoms with van der Waals surface area (Å²) < 4.78 is 6.22. The van der Waals surface area contributed by atoms with E-state index in [1.54, 1.807) is 12.4 Å². The van der Waals surface area contributed by atoms with Gasteiger partial charge in [0.15, 0.2) is 0 Å². The van der Waals surface area contributed by atoms with Gasteiger partial charge in [-0.15, -0.1) is 0 Å². The van der Waals surface area contributed by atoms with Crippen LogP contribution in [0.25, 0.3) is 0 Å². The Labute approximate surface area is 112 Å². The number of hydrazine groups is 1. The van der Waals surface area contributed by atoms with Gasteiger partial charge in [0.1, 0.15) is 11.6 Å².